The summed E-state index contributed by atoms with van der Waals surface area (Å²) in [7, 11) is 1.22. The van der Waals surface area contributed by atoms with Gasteiger partial charge >= 0.3 is 12.1 Å². The fourth-order valence-corrected chi connectivity index (χ4v) is 0.859. The van der Waals surface area contributed by atoms with E-state index in [4.69, 9.17) is 9.47 Å². The summed E-state index contributed by atoms with van der Waals surface area (Å²) < 4.78 is 13.8. The summed E-state index contributed by atoms with van der Waals surface area (Å²) in [5.74, 6) is -0.372. The summed E-state index contributed by atoms with van der Waals surface area (Å²) in [4.78, 5) is 21.8. The summed E-state index contributed by atoms with van der Waals surface area (Å²) in [5.41, 5.74) is 0. The molecular weight excluding hydrogens is 188 g/mol. The number of methoxy groups -OCH3 is 1. The minimum Gasteiger partial charge on any atom is -0.466 e. The van der Waals surface area contributed by atoms with Gasteiger partial charge in [-0.25, -0.2) is 4.79 Å². The molecule has 0 aromatic rings. The van der Waals surface area contributed by atoms with Gasteiger partial charge in [-0.3, -0.25) is 4.79 Å². The first kappa shape index (κ1) is 12.7. The molecule has 0 aliphatic heterocycles. The van der Waals surface area contributed by atoms with Gasteiger partial charge in [-0.1, -0.05) is 6.92 Å². The smallest absolute Gasteiger partial charge is 0.466 e. The van der Waals surface area contributed by atoms with Gasteiger partial charge in [0, 0.05) is 0 Å². The van der Waals surface area contributed by atoms with Crippen LogP contribution >= 0.6 is 0 Å². The van der Waals surface area contributed by atoms with Gasteiger partial charge in [0.15, 0.2) is 0 Å². The summed E-state index contributed by atoms with van der Waals surface area (Å²) in [6.07, 6.45) is -0.629. The third-order valence-electron chi connectivity index (χ3n) is 1.58. The van der Waals surface area contributed by atoms with E-state index in [1.54, 1.807) is 6.92 Å². The highest BCUT2D eigenvalue weighted by Crippen LogP contribution is 2.06. The van der Waals surface area contributed by atoms with Crippen molar-refractivity contribution in [1.29, 1.82) is 0 Å². The maximum atomic E-state index is 11.0. The average molecular weight is 204 g/mol. The minimum absolute atomic E-state index is 0.0689. The lowest BCUT2D eigenvalue weighted by Crippen LogP contribution is -2.22. The Morgan fingerprint density at radius 2 is 1.93 bits per heavy atom. The normalized spacial score (nSPS) is 11.6. The summed E-state index contributed by atoms with van der Waals surface area (Å²) in [6.45, 7) is 3.86. The molecule has 0 fully saturated rings. The topological polar surface area (TPSA) is 61.8 Å². The van der Waals surface area contributed by atoms with E-state index in [9.17, 15) is 9.59 Å². The van der Waals surface area contributed by atoms with Crippen LogP contribution < -0.4 is 0 Å². The molecule has 0 N–H and O–H groups in total. The molecule has 0 saturated heterocycles. The molecular formula is C9H16O5. The lowest BCUT2D eigenvalue weighted by Gasteiger charge is -2.13. The van der Waals surface area contributed by atoms with Gasteiger partial charge in [0.05, 0.1) is 20.1 Å². The summed E-state index contributed by atoms with van der Waals surface area (Å²) in [6, 6.07) is 0. The van der Waals surface area contributed by atoms with E-state index in [1.165, 1.54) is 7.11 Å². The van der Waals surface area contributed by atoms with Gasteiger partial charge in [-0.2, -0.15) is 0 Å². The maximum Gasteiger partial charge on any atom is 0.508 e. The number of hydrogen-bond donors (Lipinski definition) is 0. The molecule has 0 rings (SSSR count). The Kier molecular flexibility index (Phi) is 6.53. The van der Waals surface area contributed by atoms with E-state index in [2.05, 4.69) is 4.74 Å². The molecule has 0 aromatic carbocycles. The molecule has 0 bridgehead atoms. The molecule has 0 aliphatic rings. The minimum atomic E-state index is -0.777. The fourth-order valence-electron chi connectivity index (χ4n) is 0.859. The predicted molar refractivity (Wildman–Crippen MR) is 48.8 cm³/mol. The third-order valence-corrected chi connectivity index (χ3v) is 1.58. The van der Waals surface area contributed by atoms with E-state index in [-0.39, 0.29) is 12.4 Å². The van der Waals surface area contributed by atoms with Crippen LogP contribution in [0.5, 0.6) is 0 Å². The van der Waals surface area contributed by atoms with Crippen molar-refractivity contribution >= 4 is 12.1 Å². The van der Waals surface area contributed by atoms with Crippen LogP contribution in [-0.2, 0) is 19.0 Å². The number of carbonyl (C=O) groups is 2. The van der Waals surface area contributed by atoms with E-state index in [0.717, 1.165) is 0 Å². The molecule has 0 heterocycles. The molecule has 5 heteroatoms. The molecule has 1 atom stereocenters. The van der Waals surface area contributed by atoms with Crippen LogP contribution in [0.1, 0.15) is 26.7 Å². The molecule has 5 nitrogen and oxygen atoms in total. The zero-order valence-electron chi connectivity index (χ0n) is 8.74. The quantitative estimate of drug-likeness (QED) is 0.635. The molecule has 0 amide bonds. The second-order valence-corrected chi connectivity index (χ2v) is 2.61. The maximum absolute atomic E-state index is 11.0. The largest absolute Gasteiger partial charge is 0.508 e. The standard InChI is InChI=1S/C9H16O5/c1-4-7(14-9(11)12-3)6-8(10)13-5-2/h7H,4-6H2,1-3H3. The first-order chi connectivity index (χ1) is 6.63. The van der Waals surface area contributed by atoms with Crippen molar-refractivity contribution in [2.75, 3.05) is 13.7 Å². The van der Waals surface area contributed by atoms with E-state index in [1.807, 2.05) is 6.92 Å². The van der Waals surface area contributed by atoms with Gasteiger partial charge in [-0.05, 0) is 13.3 Å². The lowest BCUT2D eigenvalue weighted by atomic mass is 10.2. The zero-order valence-corrected chi connectivity index (χ0v) is 8.74. The first-order valence-electron chi connectivity index (χ1n) is 4.54. The van der Waals surface area contributed by atoms with E-state index < -0.39 is 12.3 Å². The highest BCUT2D eigenvalue weighted by Gasteiger charge is 2.17. The Hall–Kier alpha value is -1.26. The number of rotatable bonds is 5. The van der Waals surface area contributed by atoms with Crippen LogP contribution in [0.4, 0.5) is 4.79 Å². The second-order valence-electron chi connectivity index (χ2n) is 2.61. The zero-order chi connectivity index (χ0) is 11.0. The Morgan fingerprint density at radius 3 is 2.36 bits per heavy atom. The molecule has 0 aliphatic carbocycles. The number of carbonyl (C=O) groups excluding carboxylic acids is 2. The Bertz CT molecular complexity index is 190. The van der Waals surface area contributed by atoms with Crippen molar-refractivity contribution in [3.63, 3.8) is 0 Å². The third kappa shape index (κ3) is 5.40. The van der Waals surface area contributed by atoms with Gasteiger partial charge in [0.25, 0.3) is 0 Å². The first-order valence-corrected chi connectivity index (χ1v) is 4.54. The predicted octanol–water partition coefficient (Wildman–Crippen LogP) is 1.50. The van der Waals surface area contributed by atoms with Crippen molar-refractivity contribution in [2.24, 2.45) is 0 Å². The van der Waals surface area contributed by atoms with E-state index in [0.29, 0.717) is 13.0 Å². The SMILES string of the molecule is CCOC(=O)CC(CC)OC(=O)OC. The van der Waals surface area contributed by atoms with E-state index >= 15 is 0 Å². The second kappa shape index (κ2) is 7.17. The monoisotopic (exact) mass is 204 g/mol. The van der Waals surface area contributed by atoms with Gasteiger partial charge in [0.1, 0.15) is 6.10 Å². The van der Waals surface area contributed by atoms with Crippen molar-refractivity contribution in [2.45, 2.75) is 32.8 Å². The van der Waals surface area contributed by atoms with Crippen molar-refractivity contribution < 1.29 is 23.8 Å². The molecule has 0 aromatic heterocycles. The summed E-state index contributed by atoms with van der Waals surface area (Å²) >= 11 is 0. The van der Waals surface area contributed by atoms with Crippen molar-refractivity contribution in [3.05, 3.63) is 0 Å². The molecule has 0 radical (unpaired) electrons. The van der Waals surface area contributed by atoms with Crippen molar-refractivity contribution in [3.8, 4) is 0 Å². The molecule has 82 valence electrons. The molecule has 1 unspecified atom stereocenters. The van der Waals surface area contributed by atoms with Crippen LogP contribution in [0.2, 0.25) is 0 Å². The number of esters is 1. The van der Waals surface area contributed by atoms with Gasteiger partial charge in [0.2, 0.25) is 0 Å². The Morgan fingerprint density at radius 1 is 1.29 bits per heavy atom. The highest BCUT2D eigenvalue weighted by molar-refractivity contribution is 5.70. The number of ether oxygens (including phenoxy) is 3. The lowest BCUT2D eigenvalue weighted by molar-refractivity contribution is -0.145. The van der Waals surface area contributed by atoms with Crippen LogP contribution in [0.25, 0.3) is 0 Å². The Balaban J connectivity index is 3.89. The number of hydrogen-bond acceptors (Lipinski definition) is 5. The fraction of sp³-hybridized carbons (Fsp3) is 0.778. The van der Waals surface area contributed by atoms with Gasteiger partial charge in [-0.15, -0.1) is 0 Å². The summed E-state index contributed by atoms with van der Waals surface area (Å²) in [5, 5.41) is 0. The molecule has 0 saturated carbocycles. The van der Waals surface area contributed by atoms with Gasteiger partial charge < -0.3 is 14.2 Å². The molecule has 0 spiro atoms. The average Bonchev–Trinajstić information content (AvgIpc) is 2.16. The Labute approximate surface area is 83.3 Å². The highest BCUT2D eigenvalue weighted by atomic mass is 16.7. The molecule has 14 heavy (non-hydrogen) atoms. The van der Waals surface area contributed by atoms with Crippen LogP contribution in [0.15, 0.2) is 0 Å². The van der Waals surface area contributed by atoms with Crippen LogP contribution in [0, 0.1) is 0 Å². The van der Waals surface area contributed by atoms with Crippen molar-refractivity contribution in [1.82, 2.24) is 0 Å². The van der Waals surface area contributed by atoms with Crippen LogP contribution in [0.3, 0.4) is 0 Å². The van der Waals surface area contributed by atoms with Crippen LogP contribution in [-0.4, -0.2) is 31.9 Å².